The molecule has 5 rings (SSSR count). The SMILES string of the molecule is COc1cccc2ccc(CN3CCOC(c4ccc(Nc5ncccc5C)cn4)C3)nc12. The summed E-state index contributed by atoms with van der Waals surface area (Å²) in [6.45, 7) is 5.08. The lowest BCUT2D eigenvalue weighted by atomic mass is 10.1. The van der Waals surface area contributed by atoms with Gasteiger partial charge in [-0.15, -0.1) is 0 Å². The zero-order chi connectivity index (χ0) is 22.6. The van der Waals surface area contributed by atoms with Gasteiger partial charge >= 0.3 is 0 Å². The van der Waals surface area contributed by atoms with Crippen LogP contribution in [0, 0.1) is 6.92 Å². The lowest BCUT2D eigenvalue weighted by Crippen LogP contribution is -2.38. The minimum atomic E-state index is -0.0700. The molecule has 0 saturated carbocycles. The Morgan fingerprint density at radius 3 is 2.85 bits per heavy atom. The standard InChI is InChI=1S/C26H27N5O2/c1-18-5-4-12-27-26(18)30-20-10-11-22(28-15-20)24-17-31(13-14-33-24)16-21-9-8-19-6-3-7-23(32-2)25(19)29-21/h3-12,15,24H,13-14,16-17H2,1-2H3,(H,27,30). The summed E-state index contributed by atoms with van der Waals surface area (Å²) < 4.78 is 11.5. The van der Waals surface area contributed by atoms with Gasteiger partial charge in [0.1, 0.15) is 23.2 Å². The first kappa shape index (κ1) is 21.3. The number of anilines is 2. The van der Waals surface area contributed by atoms with E-state index in [1.165, 1.54) is 0 Å². The Balaban J connectivity index is 1.26. The number of hydrogen-bond donors (Lipinski definition) is 1. The average Bonchev–Trinajstić information content (AvgIpc) is 2.86. The Bertz CT molecular complexity index is 1250. The highest BCUT2D eigenvalue weighted by molar-refractivity contribution is 5.84. The molecule has 7 heteroatoms. The third-order valence-corrected chi connectivity index (χ3v) is 5.89. The number of fused-ring (bicyclic) bond motifs is 1. The molecule has 4 aromatic rings. The molecule has 0 amide bonds. The van der Waals surface area contributed by atoms with Gasteiger partial charge in [0.25, 0.3) is 0 Å². The summed E-state index contributed by atoms with van der Waals surface area (Å²) in [6.07, 6.45) is 3.55. The third kappa shape index (κ3) is 4.79. The number of aromatic nitrogens is 3. The summed E-state index contributed by atoms with van der Waals surface area (Å²) in [4.78, 5) is 16.3. The second-order valence-electron chi connectivity index (χ2n) is 8.19. The largest absolute Gasteiger partial charge is 0.494 e. The first-order chi connectivity index (χ1) is 16.2. The molecule has 168 valence electrons. The maximum Gasteiger partial charge on any atom is 0.145 e. The van der Waals surface area contributed by atoms with E-state index in [0.29, 0.717) is 6.61 Å². The van der Waals surface area contributed by atoms with Crippen LogP contribution in [0.25, 0.3) is 10.9 Å². The fraction of sp³-hybridized carbons (Fsp3) is 0.269. The molecule has 1 aliphatic heterocycles. The molecule has 0 bridgehead atoms. The Morgan fingerprint density at radius 2 is 2.03 bits per heavy atom. The Hall–Kier alpha value is -3.55. The molecule has 1 N–H and O–H groups in total. The van der Waals surface area contributed by atoms with E-state index in [4.69, 9.17) is 14.5 Å². The van der Waals surface area contributed by atoms with Crippen LogP contribution in [-0.4, -0.2) is 46.7 Å². The van der Waals surface area contributed by atoms with Gasteiger partial charge in [-0.05, 0) is 42.8 Å². The highest BCUT2D eigenvalue weighted by atomic mass is 16.5. The molecule has 3 aromatic heterocycles. The number of aryl methyl sites for hydroxylation is 1. The number of morpholine rings is 1. The van der Waals surface area contributed by atoms with E-state index in [0.717, 1.165) is 64.7 Å². The fourth-order valence-electron chi connectivity index (χ4n) is 4.09. The third-order valence-electron chi connectivity index (χ3n) is 5.89. The molecule has 0 spiro atoms. The minimum Gasteiger partial charge on any atom is -0.494 e. The van der Waals surface area contributed by atoms with E-state index >= 15 is 0 Å². The van der Waals surface area contributed by atoms with Crippen LogP contribution >= 0.6 is 0 Å². The van der Waals surface area contributed by atoms with Crippen molar-refractivity contribution in [3.05, 3.63) is 83.9 Å². The molecule has 1 aromatic carbocycles. The maximum absolute atomic E-state index is 6.04. The maximum atomic E-state index is 6.04. The van der Waals surface area contributed by atoms with E-state index in [2.05, 4.69) is 38.4 Å². The van der Waals surface area contributed by atoms with Crippen LogP contribution in [-0.2, 0) is 11.3 Å². The second-order valence-corrected chi connectivity index (χ2v) is 8.19. The fourth-order valence-corrected chi connectivity index (χ4v) is 4.09. The Labute approximate surface area is 193 Å². The van der Waals surface area contributed by atoms with Gasteiger partial charge in [-0.2, -0.15) is 0 Å². The first-order valence-corrected chi connectivity index (χ1v) is 11.1. The number of nitrogens with one attached hydrogen (secondary N) is 1. The quantitative estimate of drug-likeness (QED) is 0.467. The molecule has 1 aliphatic rings. The number of pyridine rings is 3. The zero-order valence-electron chi connectivity index (χ0n) is 18.9. The molecule has 33 heavy (non-hydrogen) atoms. The van der Waals surface area contributed by atoms with Crippen molar-refractivity contribution in [2.24, 2.45) is 0 Å². The zero-order valence-corrected chi connectivity index (χ0v) is 18.9. The van der Waals surface area contributed by atoms with E-state index in [-0.39, 0.29) is 6.10 Å². The molecule has 7 nitrogen and oxygen atoms in total. The normalized spacial score (nSPS) is 16.6. The summed E-state index contributed by atoms with van der Waals surface area (Å²) in [6, 6.07) is 18.2. The van der Waals surface area contributed by atoms with Crippen molar-refractivity contribution in [1.82, 2.24) is 19.9 Å². The predicted molar refractivity (Wildman–Crippen MR) is 129 cm³/mol. The average molecular weight is 442 g/mol. The van der Waals surface area contributed by atoms with Gasteiger partial charge in [-0.25, -0.2) is 9.97 Å². The second kappa shape index (κ2) is 9.52. The van der Waals surface area contributed by atoms with E-state index in [1.54, 1.807) is 13.3 Å². The number of nitrogens with zero attached hydrogens (tertiary/aromatic N) is 4. The van der Waals surface area contributed by atoms with Crippen LogP contribution in [0.3, 0.4) is 0 Å². The summed E-state index contributed by atoms with van der Waals surface area (Å²) in [5.41, 5.74) is 4.84. The van der Waals surface area contributed by atoms with Crippen molar-refractivity contribution < 1.29 is 9.47 Å². The molecule has 0 radical (unpaired) electrons. The van der Waals surface area contributed by atoms with Crippen molar-refractivity contribution in [2.45, 2.75) is 19.6 Å². The molecular weight excluding hydrogens is 414 g/mol. The monoisotopic (exact) mass is 441 g/mol. The number of hydrogen-bond acceptors (Lipinski definition) is 7. The van der Waals surface area contributed by atoms with Gasteiger partial charge in [-0.3, -0.25) is 9.88 Å². The van der Waals surface area contributed by atoms with Gasteiger partial charge in [0.15, 0.2) is 0 Å². The van der Waals surface area contributed by atoms with Gasteiger partial charge in [0.2, 0.25) is 0 Å². The molecule has 1 atom stereocenters. The lowest BCUT2D eigenvalue weighted by Gasteiger charge is -2.32. The van der Waals surface area contributed by atoms with Crippen molar-refractivity contribution in [3.63, 3.8) is 0 Å². The highest BCUT2D eigenvalue weighted by Crippen LogP contribution is 2.26. The smallest absolute Gasteiger partial charge is 0.145 e. The van der Waals surface area contributed by atoms with Crippen LogP contribution in [0.2, 0.25) is 0 Å². The van der Waals surface area contributed by atoms with Gasteiger partial charge < -0.3 is 14.8 Å². The molecule has 0 aliphatic carbocycles. The number of benzene rings is 1. The molecule has 1 saturated heterocycles. The number of methoxy groups -OCH3 is 1. The van der Waals surface area contributed by atoms with Crippen LogP contribution in [0.4, 0.5) is 11.5 Å². The number of ether oxygens (including phenoxy) is 2. The molecule has 1 fully saturated rings. The van der Waals surface area contributed by atoms with E-state index in [9.17, 15) is 0 Å². The molecule has 1 unspecified atom stereocenters. The summed E-state index contributed by atoms with van der Waals surface area (Å²) >= 11 is 0. The Kier molecular flexibility index (Phi) is 6.15. The van der Waals surface area contributed by atoms with E-state index < -0.39 is 0 Å². The molecule has 4 heterocycles. The summed E-state index contributed by atoms with van der Waals surface area (Å²) in [5, 5.41) is 4.40. The van der Waals surface area contributed by atoms with Crippen molar-refractivity contribution in [1.29, 1.82) is 0 Å². The number of rotatable bonds is 6. The van der Waals surface area contributed by atoms with Crippen LogP contribution in [0.15, 0.2) is 67.0 Å². The van der Waals surface area contributed by atoms with Crippen LogP contribution in [0.1, 0.15) is 23.1 Å². The van der Waals surface area contributed by atoms with E-state index in [1.807, 2.05) is 49.5 Å². The molecular formula is C26H27N5O2. The van der Waals surface area contributed by atoms with Crippen molar-refractivity contribution in [3.8, 4) is 5.75 Å². The highest BCUT2D eigenvalue weighted by Gasteiger charge is 2.23. The lowest BCUT2D eigenvalue weighted by molar-refractivity contribution is -0.0353. The summed E-state index contributed by atoms with van der Waals surface area (Å²) in [7, 11) is 1.68. The first-order valence-electron chi connectivity index (χ1n) is 11.1. The topological polar surface area (TPSA) is 72.4 Å². The van der Waals surface area contributed by atoms with Crippen LogP contribution in [0.5, 0.6) is 5.75 Å². The summed E-state index contributed by atoms with van der Waals surface area (Å²) in [5.74, 6) is 1.64. The van der Waals surface area contributed by atoms with Gasteiger partial charge in [0.05, 0.1) is 37.0 Å². The Morgan fingerprint density at radius 1 is 1.09 bits per heavy atom. The van der Waals surface area contributed by atoms with Crippen molar-refractivity contribution >= 4 is 22.4 Å². The van der Waals surface area contributed by atoms with Gasteiger partial charge in [-0.1, -0.05) is 24.3 Å². The van der Waals surface area contributed by atoms with Gasteiger partial charge in [0, 0.05) is 31.2 Å². The minimum absolute atomic E-state index is 0.0700. The van der Waals surface area contributed by atoms with Crippen molar-refractivity contribution in [2.75, 3.05) is 32.1 Å². The number of para-hydroxylation sites is 1. The predicted octanol–water partition coefficient (Wildman–Crippen LogP) is 4.66. The van der Waals surface area contributed by atoms with Crippen LogP contribution < -0.4 is 10.1 Å².